The Morgan fingerprint density at radius 2 is 1.90 bits per heavy atom. The molecule has 0 bridgehead atoms. The summed E-state index contributed by atoms with van der Waals surface area (Å²) in [7, 11) is -3.65. The molecule has 29 heavy (non-hydrogen) atoms. The number of hydrogen-bond acceptors (Lipinski definition) is 5. The number of carbonyl (C=O) groups is 1. The third kappa shape index (κ3) is 4.52. The maximum atomic E-state index is 13.0. The van der Waals surface area contributed by atoms with Gasteiger partial charge in [0.15, 0.2) is 0 Å². The maximum Gasteiger partial charge on any atom is 0.247 e. The molecule has 1 amide bonds. The lowest BCUT2D eigenvalue weighted by molar-refractivity contribution is -0.118. The molecule has 8 nitrogen and oxygen atoms in total. The van der Waals surface area contributed by atoms with Crippen LogP contribution in [-0.4, -0.2) is 54.5 Å². The summed E-state index contributed by atoms with van der Waals surface area (Å²) in [6.07, 6.45) is 3.46. The number of amides is 1. The number of benzene rings is 1. The number of sulfonamides is 1. The third-order valence-corrected chi connectivity index (χ3v) is 7.10. The van der Waals surface area contributed by atoms with E-state index in [0.29, 0.717) is 37.6 Å². The highest BCUT2D eigenvalue weighted by Crippen LogP contribution is 2.25. The fourth-order valence-electron chi connectivity index (χ4n) is 3.35. The van der Waals surface area contributed by atoms with Gasteiger partial charge in [-0.15, -0.1) is 0 Å². The van der Waals surface area contributed by atoms with Crippen molar-refractivity contribution >= 4 is 21.6 Å². The SMILES string of the molecule is Cc1ccc(NC(=O)C(C)n2ccnc2C(C)C)cc1S(=O)(=O)N1CCOCC1. The van der Waals surface area contributed by atoms with Crippen LogP contribution in [0.1, 0.15) is 44.1 Å². The minimum atomic E-state index is -3.65. The number of imidazole rings is 1. The van der Waals surface area contributed by atoms with Crippen LogP contribution in [0.25, 0.3) is 0 Å². The van der Waals surface area contributed by atoms with Gasteiger partial charge in [-0.1, -0.05) is 19.9 Å². The molecule has 1 unspecified atom stereocenters. The molecule has 9 heteroatoms. The Balaban J connectivity index is 1.82. The highest BCUT2D eigenvalue weighted by molar-refractivity contribution is 7.89. The van der Waals surface area contributed by atoms with E-state index in [-0.39, 0.29) is 16.7 Å². The Hall–Kier alpha value is -2.23. The van der Waals surface area contributed by atoms with Crippen LogP contribution in [-0.2, 0) is 19.6 Å². The van der Waals surface area contributed by atoms with Gasteiger partial charge >= 0.3 is 0 Å². The van der Waals surface area contributed by atoms with E-state index in [9.17, 15) is 13.2 Å². The molecule has 1 aromatic carbocycles. The molecule has 1 aliphatic rings. The van der Waals surface area contributed by atoms with Gasteiger partial charge in [-0.25, -0.2) is 13.4 Å². The van der Waals surface area contributed by atoms with E-state index in [0.717, 1.165) is 5.82 Å². The Kier molecular flexibility index (Phi) is 6.40. The maximum absolute atomic E-state index is 13.0. The van der Waals surface area contributed by atoms with Crippen LogP contribution in [0, 0.1) is 6.92 Å². The fraction of sp³-hybridized carbons (Fsp3) is 0.500. The van der Waals surface area contributed by atoms with Crippen molar-refractivity contribution in [2.45, 2.75) is 44.6 Å². The van der Waals surface area contributed by atoms with Gasteiger partial charge in [0.2, 0.25) is 15.9 Å². The van der Waals surface area contributed by atoms with Crippen LogP contribution in [0.4, 0.5) is 5.69 Å². The molecule has 2 heterocycles. The number of morpholine rings is 1. The highest BCUT2D eigenvalue weighted by atomic mass is 32.2. The number of anilines is 1. The average Bonchev–Trinajstić information content (AvgIpc) is 3.19. The number of rotatable bonds is 6. The summed E-state index contributed by atoms with van der Waals surface area (Å²) >= 11 is 0. The normalized spacial score (nSPS) is 16.7. The van der Waals surface area contributed by atoms with E-state index < -0.39 is 16.1 Å². The lowest BCUT2D eigenvalue weighted by Crippen LogP contribution is -2.40. The van der Waals surface area contributed by atoms with Crippen LogP contribution in [0.5, 0.6) is 0 Å². The van der Waals surface area contributed by atoms with Crippen molar-refractivity contribution in [3.8, 4) is 0 Å². The molecule has 1 aliphatic heterocycles. The summed E-state index contributed by atoms with van der Waals surface area (Å²) in [5.74, 6) is 0.778. The first-order valence-corrected chi connectivity index (χ1v) is 11.2. The summed E-state index contributed by atoms with van der Waals surface area (Å²) in [6.45, 7) is 9.01. The molecule has 3 rings (SSSR count). The molecule has 1 N–H and O–H groups in total. The number of nitrogens with one attached hydrogen (secondary N) is 1. The quantitative estimate of drug-likeness (QED) is 0.775. The van der Waals surface area contributed by atoms with E-state index in [1.54, 1.807) is 38.4 Å². The molecule has 0 spiro atoms. The van der Waals surface area contributed by atoms with Crippen molar-refractivity contribution in [2.75, 3.05) is 31.6 Å². The lowest BCUT2D eigenvalue weighted by atomic mass is 10.2. The van der Waals surface area contributed by atoms with Gasteiger partial charge in [0, 0.05) is 37.1 Å². The van der Waals surface area contributed by atoms with Crippen molar-refractivity contribution in [3.63, 3.8) is 0 Å². The van der Waals surface area contributed by atoms with E-state index in [1.165, 1.54) is 10.4 Å². The molecule has 1 aromatic heterocycles. The molecule has 1 saturated heterocycles. The van der Waals surface area contributed by atoms with Crippen molar-refractivity contribution in [3.05, 3.63) is 42.0 Å². The Morgan fingerprint density at radius 3 is 2.55 bits per heavy atom. The summed E-state index contributed by atoms with van der Waals surface area (Å²) in [5.41, 5.74) is 1.09. The number of carbonyl (C=O) groups excluding carboxylic acids is 1. The smallest absolute Gasteiger partial charge is 0.247 e. The standard InChI is InChI=1S/C20H28N4O4S/c1-14(2)19-21-7-8-24(19)16(4)20(25)22-17-6-5-15(3)18(13-17)29(26,27)23-9-11-28-12-10-23/h5-8,13-14,16H,9-12H2,1-4H3,(H,22,25). The zero-order chi connectivity index (χ0) is 21.2. The largest absolute Gasteiger partial charge is 0.379 e. The molecular formula is C20H28N4O4S. The summed E-state index contributed by atoms with van der Waals surface area (Å²) in [4.78, 5) is 17.3. The van der Waals surface area contributed by atoms with Crippen LogP contribution in [0.2, 0.25) is 0 Å². The predicted octanol–water partition coefficient (Wildman–Crippen LogP) is 2.54. The van der Waals surface area contributed by atoms with Crippen molar-refractivity contribution in [1.29, 1.82) is 0 Å². The molecule has 158 valence electrons. The highest BCUT2D eigenvalue weighted by Gasteiger charge is 2.28. The van der Waals surface area contributed by atoms with E-state index in [2.05, 4.69) is 10.3 Å². The monoisotopic (exact) mass is 420 g/mol. The van der Waals surface area contributed by atoms with Gasteiger partial charge in [0.05, 0.1) is 18.1 Å². The molecule has 2 aromatic rings. The van der Waals surface area contributed by atoms with E-state index >= 15 is 0 Å². The molecule has 1 fully saturated rings. The summed E-state index contributed by atoms with van der Waals surface area (Å²) in [5, 5.41) is 2.84. The van der Waals surface area contributed by atoms with Gasteiger partial charge < -0.3 is 14.6 Å². The van der Waals surface area contributed by atoms with Gasteiger partial charge in [0.25, 0.3) is 0 Å². The van der Waals surface area contributed by atoms with E-state index in [4.69, 9.17) is 4.74 Å². The minimum Gasteiger partial charge on any atom is -0.379 e. The predicted molar refractivity (Wildman–Crippen MR) is 110 cm³/mol. The van der Waals surface area contributed by atoms with Gasteiger partial charge in [-0.2, -0.15) is 4.31 Å². The summed E-state index contributed by atoms with van der Waals surface area (Å²) in [6, 6.07) is 4.48. The van der Waals surface area contributed by atoms with Crippen molar-refractivity contribution in [2.24, 2.45) is 0 Å². The Bertz CT molecular complexity index is 978. The first kappa shape index (κ1) is 21.5. The summed E-state index contributed by atoms with van der Waals surface area (Å²) < 4.78 is 34.6. The topological polar surface area (TPSA) is 93.5 Å². The van der Waals surface area contributed by atoms with Gasteiger partial charge in [-0.05, 0) is 31.5 Å². The number of ether oxygens (including phenoxy) is 1. The number of aromatic nitrogens is 2. The number of hydrogen-bond donors (Lipinski definition) is 1. The third-order valence-electron chi connectivity index (χ3n) is 5.06. The zero-order valence-corrected chi connectivity index (χ0v) is 18.1. The Morgan fingerprint density at radius 1 is 1.21 bits per heavy atom. The minimum absolute atomic E-state index is 0.185. The second-order valence-corrected chi connectivity index (χ2v) is 9.42. The first-order chi connectivity index (χ1) is 13.7. The fourth-order valence-corrected chi connectivity index (χ4v) is 5.01. The van der Waals surface area contributed by atoms with Crippen molar-refractivity contribution < 1.29 is 17.9 Å². The average molecular weight is 421 g/mol. The molecule has 0 aliphatic carbocycles. The zero-order valence-electron chi connectivity index (χ0n) is 17.3. The van der Waals surface area contributed by atoms with Crippen LogP contribution >= 0.6 is 0 Å². The number of nitrogens with zero attached hydrogens (tertiary/aromatic N) is 3. The van der Waals surface area contributed by atoms with Gasteiger partial charge in [-0.3, -0.25) is 4.79 Å². The second-order valence-electron chi connectivity index (χ2n) is 7.51. The molecule has 0 saturated carbocycles. The first-order valence-electron chi connectivity index (χ1n) is 9.74. The molecule has 1 atom stereocenters. The molecular weight excluding hydrogens is 392 g/mol. The second kappa shape index (κ2) is 8.64. The van der Waals surface area contributed by atoms with E-state index in [1.807, 2.05) is 18.4 Å². The number of aryl methyl sites for hydroxylation is 1. The van der Waals surface area contributed by atoms with Crippen LogP contribution < -0.4 is 5.32 Å². The van der Waals surface area contributed by atoms with Crippen molar-refractivity contribution in [1.82, 2.24) is 13.9 Å². The van der Waals surface area contributed by atoms with Gasteiger partial charge in [0.1, 0.15) is 11.9 Å². The Labute approximate surface area is 171 Å². The van der Waals surface area contributed by atoms with Crippen LogP contribution in [0.3, 0.4) is 0 Å². The lowest BCUT2D eigenvalue weighted by Gasteiger charge is -2.27. The van der Waals surface area contributed by atoms with Crippen LogP contribution in [0.15, 0.2) is 35.5 Å². The molecule has 0 radical (unpaired) electrons.